The molecule has 1 saturated heterocycles. The molecule has 1 nitrogen and oxygen atoms in total. The average Bonchev–Trinajstić information content (AvgIpc) is 3.41. The maximum Gasteiger partial charge on any atom is 0.155 e. The van der Waals surface area contributed by atoms with Crippen molar-refractivity contribution in [3.63, 3.8) is 0 Å². The van der Waals surface area contributed by atoms with Gasteiger partial charge in [-0.1, -0.05) is 89.5 Å². The van der Waals surface area contributed by atoms with Crippen molar-refractivity contribution in [2.24, 2.45) is 52.3 Å². The first-order valence-electron chi connectivity index (χ1n) is 15.6. The fourth-order valence-corrected chi connectivity index (χ4v) is 10.7. The van der Waals surface area contributed by atoms with Crippen LogP contribution in [0.5, 0.6) is 0 Å². The second-order valence-electron chi connectivity index (χ2n) is 14.8. The van der Waals surface area contributed by atoms with Crippen molar-refractivity contribution in [3.8, 4) is 11.8 Å². The van der Waals surface area contributed by atoms with Crippen molar-refractivity contribution in [1.29, 1.82) is 0 Å². The van der Waals surface area contributed by atoms with E-state index in [1.807, 2.05) is 24.3 Å². The van der Waals surface area contributed by atoms with Crippen molar-refractivity contribution < 1.29 is 4.74 Å². The van der Waals surface area contributed by atoms with Crippen molar-refractivity contribution in [1.82, 2.24) is 0 Å². The summed E-state index contributed by atoms with van der Waals surface area (Å²) in [5.74, 6) is 13.2. The lowest BCUT2D eigenvalue weighted by Gasteiger charge is -2.60. The molecule has 4 aliphatic carbocycles. The predicted octanol–water partition coefficient (Wildman–Crippen LogP) is 9.56. The smallest absolute Gasteiger partial charge is 0.155 e. The number of epoxide rings is 1. The highest BCUT2D eigenvalue weighted by Gasteiger charge is 2.68. The van der Waals surface area contributed by atoms with Gasteiger partial charge in [-0.3, -0.25) is 0 Å². The van der Waals surface area contributed by atoms with E-state index in [0.29, 0.717) is 16.9 Å². The Morgan fingerprint density at radius 1 is 0.946 bits per heavy atom. The minimum absolute atomic E-state index is 0.205. The van der Waals surface area contributed by atoms with Crippen LogP contribution in [0.3, 0.4) is 0 Å². The summed E-state index contributed by atoms with van der Waals surface area (Å²) in [5, 5.41) is 0.749. The van der Waals surface area contributed by atoms with E-state index in [1.54, 1.807) is 0 Å². The molecule has 0 radical (unpaired) electrons. The maximum atomic E-state index is 6.46. The molecule has 1 aliphatic heterocycles. The molecule has 37 heavy (non-hydrogen) atoms. The molecule has 1 heterocycles. The van der Waals surface area contributed by atoms with Gasteiger partial charge in [0.2, 0.25) is 0 Å². The van der Waals surface area contributed by atoms with Crippen LogP contribution in [0.1, 0.15) is 111 Å². The summed E-state index contributed by atoms with van der Waals surface area (Å²) in [6.07, 6.45) is 15.6. The van der Waals surface area contributed by atoms with E-state index < -0.39 is 0 Å². The number of fused-ring (bicyclic) bond motifs is 6. The van der Waals surface area contributed by atoms with Crippen LogP contribution < -0.4 is 0 Å². The highest BCUT2D eigenvalue weighted by atomic mass is 35.5. The molecule has 5 fully saturated rings. The Morgan fingerprint density at radius 2 is 1.73 bits per heavy atom. The molecule has 0 N–H and O–H groups in total. The second-order valence-corrected chi connectivity index (χ2v) is 15.2. The number of hydrogen-bond donors (Lipinski definition) is 0. The lowest BCUT2D eigenvalue weighted by atomic mass is 9.44. The largest absolute Gasteiger partial charge is 0.352 e. The van der Waals surface area contributed by atoms with Crippen molar-refractivity contribution >= 4 is 11.6 Å². The van der Waals surface area contributed by atoms with Gasteiger partial charge in [0, 0.05) is 5.56 Å². The van der Waals surface area contributed by atoms with E-state index in [2.05, 4.69) is 46.5 Å². The molecule has 0 bridgehead atoms. The lowest BCUT2D eigenvalue weighted by molar-refractivity contribution is -0.112. The van der Waals surface area contributed by atoms with Crippen molar-refractivity contribution in [3.05, 3.63) is 34.9 Å². The summed E-state index contributed by atoms with van der Waals surface area (Å²) in [6, 6.07) is 7.96. The third-order valence-electron chi connectivity index (χ3n) is 12.5. The molecule has 0 aromatic heterocycles. The zero-order valence-corrected chi connectivity index (χ0v) is 24.7. The molecular weight excluding hydrogens is 472 g/mol. The molecule has 202 valence electrons. The third-order valence-corrected chi connectivity index (χ3v) is 12.9. The topological polar surface area (TPSA) is 12.5 Å². The first kappa shape index (κ1) is 26.3. The summed E-state index contributed by atoms with van der Waals surface area (Å²) >= 11 is 6.39. The van der Waals surface area contributed by atoms with E-state index in [1.165, 1.54) is 64.2 Å². The van der Waals surface area contributed by atoms with Crippen molar-refractivity contribution in [2.75, 3.05) is 0 Å². The lowest BCUT2D eigenvalue weighted by Crippen LogP contribution is -2.54. The monoisotopic (exact) mass is 520 g/mol. The van der Waals surface area contributed by atoms with Crippen molar-refractivity contribution in [2.45, 2.75) is 117 Å². The Morgan fingerprint density at radius 3 is 2.51 bits per heavy atom. The summed E-state index contributed by atoms with van der Waals surface area (Å²) in [5.41, 5.74) is 1.74. The van der Waals surface area contributed by atoms with Crippen LogP contribution in [0.15, 0.2) is 24.3 Å². The second kappa shape index (κ2) is 9.59. The molecule has 10 atom stereocenters. The summed E-state index contributed by atoms with van der Waals surface area (Å²) in [4.78, 5) is 0. The fraction of sp³-hybridized carbons (Fsp3) is 0.771. The van der Waals surface area contributed by atoms with Crippen LogP contribution in [-0.4, -0.2) is 11.7 Å². The number of benzene rings is 1. The average molecular weight is 521 g/mol. The molecule has 2 heteroatoms. The minimum atomic E-state index is -0.205. The highest BCUT2D eigenvalue weighted by Crippen LogP contribution is 2.71. The maximum absolute atomic E-state index is 6.46. The van der Waals surface area contributed by atoms with Gasteiger partial charge in [-0.15, -0.1) is 0 Å². The van der Waals surface area contributed by atoms with Gasteiger partial charge < -0.3 is 4.74 Å². The minimum Gasteiger partial charge on any atom is -0.352 e. The molecule has 1 aromatic rings. The van der Waals surface area contributed by atoms with E-state index in [9.17, 15) is 0 Å². The molecule has 0 unspecified atom stereocenters. The zero-order valence-electron chi connectivity index (χ0n) is 24.0. The number of ether oxygens (including phenoxy) is 1. The third kappa shape index (κ3) is 4.42. The van der Waals surface area contributed by atoms with Crippen LogP contribution in [0.25, 0.3) is 0 Å². The Balaban J connectivity index is 1.15. The van der Waals surface area contributed by atoms with Crippen LogP contribution in [-0.2, 0) is 4.74 Å². The normalized spacial score (nSPS) is 44.6. The van der Waals surface area contributed by atoms with Gasteiger partial charge in [-0.05, 0) is 116 Å². The van der Waals surface area contributed by atoms with E-state index in [4.69, 9.17) is 16.3 Å². The summed E-state index contributed by atoms with van der Waals surface area (Å²) < 4.78 is 6.46. The SMILES string of the molecule is CC(C)CCC[C@H](C)[C@@H]1CC[C@@H]2[C@H]3CC[C@@H]4C[C@]5(C#Cc6ccccc6Cl)O[C@H]5C[C@]4(C)[C@H]3CC[C@@]21C. The molecule has 4 saturated carbocycles. The Bertz CT molecular complexity index is 1070. The van der Waals surface area contributed by atoms with Gasteiger partial charge in [-0.2, -0.15) is 0 Å². The molecule has 5 aliphatic rings. The van der Waals surface area contributed by atoms with Crippen LogP contribution in [0.4, 0.5) is 0 Å². The van der Waals surface area contributed by atoms with Gasteiger partial charge in [0.25, 0.3) is 0 Å². The number of hydrogen-bond acceptors (Lipinski definition) is 1. The van der Waals surface area contributed by atoms with Gasteiger partial charge >= 0.3 is 0 Å². The molecule has 6 rings (SSSR count). The molecule has 0 spiro atoms. The Hall–Kier alpha value is -0.970. The van der Waals surface area contributed by atoms with Crippen LogP contribution >= 0.6 is 11.6 Å². The Labute approximate surface area is 231 Å². The predicted molar refractivity (Wildman–Crippen MR) is 154 cm³/mol. The first-order valence-corrected chi connectivity index (χ1v) is 16.0. The van der Waals surface area contributed by atoms with Gasteiger partial charge in [0.15, 0.2) is 5.60 Å². The summed E-state index contributed by atoms with van der Waals surface area (Å²) in [7, 11) is 0. The highest BCUT2D eigenvalue weighted by molar-refractivity contribution is 6.31. The number of halogens is 1. The molecule has 1 aromatic carbocycles. The quantitative estimate of drug-likeness (QED) is 0.278. The van der Waals surface area contributed by atoms with Crippen LogP contribution in [0.2, 0.25) is 5.02 Å². The molecule has 0 amide bonds. The number of rotatable bonds is 5. The zero-order chi connectivity index (χ0) is 26.0. The Kier molecular flexibility index (Phi) is 6.81. The van der Waals surface area contributed by atoms with Gasteiger partial charge in [0.05, 0.1) is 5.02 Å². The van der Waals surface area contributed by atoms with E-state index in [-0.39, 0.29) is 5.60 Å². The van der Waals surface area contributed by atoms with Crippen LogP contribution in [0, 0.1) is 64.1 Å². The van der Waals surface area contributed by atoms with E-state index in [0.717, 1.165) is 58.4 Å². The van der Waals surface area contributed by atoms with E-state index >= 15 is 0 Å². The fourth-order valence-electron chi connectivity index (χ4n) is 10.5. The van der Waals surface area contributed by atoms with Gasteiger partial charge in [-0.25, -0.2) is 0 Å². The molecular formula is C35H49ClO. The standard InChI is InChI=1S/C35H49ClO/c1-23(2)9-8-10-24(3)28-15-16-29-27-14-13-26-21-35(20-17-25-11-6-7-12-31(25)36)32(37-35)22-34(26,5)30(27)18-19-33(28,29)4/h6-7,11-12,23-24,26-30,32H,8-10,13-16,18-19,21-22H2,1-5H3/t24-,26+,27+,28-,29+,30-,32-,33+,34-,35-/m0/s1. The van der Waals surface area contributed by atoms with Gasteiger partial charge in [0.1, 0.15) is 6.10 Å². The first-order chi connectivity index (χ1) is 17.7. The summed E-state index contributed by atoms with van der Waals surface area (Å²) in [6.45, 7) is 12.7.